The maximum absolute atomic E-state index is 12.9. The van der Waals surface area contributed by atoms with Crippen molar-refractivity contribution in [3.05, 3.63) is 69.3 Å². The van der Waals surface area contributed by atoms with Crippen LogP contribution in [0.2, 0.25) is 0 Å². The summed E-state index contributed by atoms with van der Waals surface area (Å²) in [5, 5.41) is 1.68. The van der Waals surface area contributed by atoms with Crippen molar-refractivity contribution < 1.29 is 9.53 Å². The van der Waals surface area contributed by atoms with Crippen LogP contribution in [0.4, 0.5) is 0 Å². The van der Waals surface area contributed by atoms with E-state index in [0.717, 1.165) is 28.6 Å². The number of hydrogen-bond donors (Lipinski definition) is 1. The van der Waals surface area contributed by atoms with Gasteiger partial charge >= 0.3 is 0 Å². The summed E-state index contributed by atoms with van der Waals surface area (Å²) in [4.78, 5) is 35.2. The van der Waals surface area contributed by atoms with E-state index in [4.69, 9.17) is 4.74 Å². The van der Waals surface area contributed by atoms with E-state index >= 15 is 0 Å². The Morgan fingerprint density at radius 3 is 2.78 bits per heavy atom. The standard InChI is InChI=1S/C24H23BrN4O3/c1-32-17-3-5-21-18(11-17)20(12-26-21)15-6-8-28(9-7-15)23(30)13-29-14-27-22-4-2-16(25)10-19(22)24(29)31/h2-5,10-12,14-15,26H,6-9,13H2,1H3. The SMILES string of the molecule is COc1ccc2[nH]cc(C3CCN(C(=O)Cn4cnc5ccc(Br)cc5c4=O)CC3)c2c1. The summed E-state index contributed by atoms with van der Waals surface area (Å²) in [6.45, 7) is 1.34. The Kier molecular flexibility index (Phi) is 5.46. The van der Waals surface area contributed by atoms with Gasteiger partial charge in [-0.15, -0.1) is 0 Å². The second-order valence-electron chi connectivity index (χ2n) is 8.15. The van der Waals surface area contributed by atoms with Crippen LogP contribution in [0, 0.1) is 0 Å². The van der Waals surface area contributed by atoms with Crippen LogP contribution in [0.3, 0.4) is 0 Å². The molecule has 1 amide bonds. The van der Waals surface area contributed by atoms with E-state index in [1.807, 2.05) is 23.1 Å². The number of carbonyl (C=O) groups excluding carboxylic acids is 1. The number of nitrogens with one attached hydrogen (secondary N) is 1. The van der Waals surface area contributed by atoms with Gasteiger partial charge in [0.2, 0.25) is 5.91 Å². The van der Waals surface area contributed by atoms with E-state index in [-0.39, 0.29) is 18.0 Å². The Morgan fingerprint density at radius 1 is 1.19 bits per heavy atom. The largest absolute Gasteiger partial charge is 0.497 e. The summed E-state index contributed by atoms with van der Waals surface area (Å²) in [5.41, 5.74) is 2.78. The minimum absolute atomic E-state index is 0.00321. The average Bonchev–Trinajstić information content (AvgIpc) is 3.24. The fraction of sp³-hybridized carbons (Fsp3) is 0.292. The number of aromatic amines is 1. The number of carbonyl (C=O) groups is 1. The highest BCUT2D eigenvalue weighted by Crippen LogP contribution is 2.34. The molecule has 0 bridgehead atoms. The summed E-state index contributed by atoms with van der Waals surface area (Å²) >= 11 is 3.39. The first-order valence-corrected chi connectivity index (χ1v) is 11.4. The summed E-state index contributed by atoms with van der Waals surface area (Å²) in [6.07, 6.45) is 5.30. The Labute approximate surface area is 193 Å². The predicted molar refractivity (Wildman–Crippen MR) is 127 cm³/mol. The van der Waals surface area contributed by atoms with Crippen molar-refractivity contribution in [3.8, 4) is 5.75 Å². The van der Waals surface area contributed by atoms with Gasteiger partial charge in [0.05, 0.1) is 24.3 Å². The van der Waals surface area contributed by atoms with Gasteiger partial charge in [-0.05, 0) is 60.7 Å². The molecule has 32 heavy (non-hydrogen) atoms. The van der Waals surface area contributed by atoms with Gasteiger partial charge in [-0.1, -0.05) is 15.9 Å². The molecule has 0 aliphatic carbocycles. The van der Waals surface area contributed by atoms with Gasteiger partial charge in [0.25, 0.3) is 5.56 Å². The van der Waals surface area contributed by atoms with E-state index in [2.05, 4.69) is 38.2 Å². The fourth-order valence-electron chi connectivity index (χ4n) is 4.52. The number of ether oxygens (including phenoxy) is 1. The van der Waals surface area contributed by atoms with Gasteiger partial charge in [-0.3, -0.25) is 14.2 Å². The topological polar surface area (TPSA) is 80.2 Å². The molecular weight excluding hydrogens is 472 g/mol. The molecule has 3 heterocycles. The highest BCUT2D eigenvalue weighted by molar-refractivity contribution is 9.10. The first kappa shape index (κ1) is 20.8. The maximum atomic E-state index is 12.9. The normalized spacial score (nSPS) is 14.9. The van der Waals surface area contributed by atoms with E-state index in [1.165, 1.54) is 21.8 Å². The molecule has 0 saturated carbocycles. The molecule has 1 fully saturated rings. The van der Waals surface area contributed by atoms with Crippen LogP contribution in [-0.2, 0) is 11.3 Å². The summed E-state index contributed by atoms with van der Waals surface area (Å²) in [6, 6.07) is 11.4. The molecule has 1 saturated heterocycles. The molecule has 0 unspecified atom stereocenters. The highest BCUT2D eigenvalue weighted by Gasteiger charge is 2.26. The van der Waals surface area contributed by atoms with Crippen molar-refractivity contribution in [2.45, 2.75) is 25.3 Å². The Hall–Kier alpha value is -3.13. The van der Waals surface area contributed by atoms with Crippen LogP contribution in [0.15, 0.2) is 58.2 Å². The molecule has 1 aliphatic rings. The van der Waals surface area contributed by atoms with Crippen molar-refractivity contribution in [3.63, 3.8) is 0 Å². The molecule has 1 N–H and O–H groups in total. The Bertz CT molecular complexity index is 1370. The fourth-order valence-corrected chi connectivity index (χ4v) is 4.88. The number of methoxy groups -OCH3 is 1. The molecule has 164 valence electrons. The van der Waals surface area contributed by atoms with Gasteiger partial charge in [-0.2, -0.15) is 0 Å². The molecule has 0 spiro atoms. The first-order valence-electron chi connectivity index (χ1n) is 10.6. The number of hydrogen-bond acceptors (Lipinski definition) is 4. The molecule has 2 aromatic carbocycles. The van der Waals surface area contributed by atoms with Crippen LogP contribution in [0.25, 0.3) is 21.8 Å². The lowest BCUT2D eigenvalue weighted by molar-refractivity contribution is -0.132. The second-order valence-corrected chi connectivity index (χ2v) is 9.07. The number of halogens is 1. The lowest BCUT2D eigenvalue weighted by Crippen LogP contribution is -2.41. The van der Waals surface area contributed by atoms with Crippen molar-refractivity contribution in [1.82, 2.24) is 19.4 Å². The van der Waals surface area contributed by atoms with Crippen molar-refractivity contribution in [1.29, 1.82) is 0 Å². The molecule has 8 heteroatoms. The number of benzene rings is 2. The van der Waals surface area contributed by atoms with Crippen molar-refractivity contribution in [2.24, 2.45) is 0 Å². The molecule has 0 radical (unpaired) electrons. The number of amides is 1. The quantitative estimate of drug-likeness (QED) is 0.463. The number of aromatic nitrogens is 3. The number of piperidine rings is 1. The van der Waals surface area contributed by atoms with Crippen LogP contribution in [0.1, 0.15) is 24.3 Å². The summed E-state index contributed by atoms with van der Waals surface area (Å²) < 4.78 is 7.59. The minimum Gasteiger partial charge on any atom is -0.497 e. The van der Waals surface area contributed by atoms with E-state index in [1.54, 1.807) is 19.2 Å². The zero-order chi connectivity index (χ0) is 22.2. The van der Waals surface area contributed by atoms with Crippen LogP contribution in [0.5, 0.6) is 5.75 Å². The summed E-state index contributed by atoms with van der Waals surface area (Å²) in [5.74, 6) is 1.16. The first-order chi connectivity index (χ1) is 15.5. The van der Waals surface area contributed by atoms with Crippen LogP contribution >= 0.6 is 15.9 Å². The average molecular weight is 495 g/mol. The van der Waals surface area contributed by atoms with Gasteiger partial charge < -0.3 is 14.6 Å². The molecular formula is C24H23BrN4O3. The third-order valence-electron chi connectivity index (χ3n) is 6.30. The van der Waals surface area contributed by atoms with Gasteiger partial charge in [0, 0.05) is 34.7 Å². The third kappa shape index (κ3) is 3.79. The predicted octanol–water partition coefficient (Wildman–Crippen LogP) is 4.06. The molecule has 0 atom stereocenters. The zero-order valence-electron chi connectivity index (χ0n) is 17.7. The number of nitrogens with zero attached hydrogens (tertiary/aromatic N) is 3. The molecule has 1 aliphatic heterocycles. The van der Waals surface area contributed by atoms with E-state index < -0.39 is 0 Å². The molecule has 5 rings (SSSR count). The number of likely N-dealkylation sites (tertiary alicyclic amines) is 1. The van der Waals surface area contributed by atoms with Crippen LogP contribution in [-0.4, -0.2) is 45.5 Å². The van der Waals surface area contributed by atoms with Crippen LogP contribution < -0.4 is 10.3 Å². The van der Waals surface area contributed by atoms with Crippen molar-refractivity contribution in [2.75, 3.05) is 20.2 Å². The monoisotopic (exact) mass is 494 g/mol. The zero-order valence-corrected chi connectivity index (χ0v) is 19.3. The lowest BCUT2D eigenvalue weighted by Gasteiger charge is -2.32. The highest BCUT2D eigenvalue weighted by atomic mass is 79.9. The molecule has 7 nitrogen and oxygen atoms in total. The minimum atomic E-state index is -0.202. The number of rotatable bonds is 4. The van der Waals surface area contributed by atoms with Gasteiger partial charge in [-0.25, -0.2) is 4.98 Å². The lowest BCUT2D eigenvalue weighted by atomic mass is 9.89. The number of H-pyrrole nitrogens is 1. The van der Waals surface area contributed by atoms with E-state index in [0.29, 0.717) is 29.9 Å². The summed E-state index contributed by atoms with van der Waals surface area (Å²) in [7, 11) is 1.67. The third-order valence-corrected chi connectivity index (χ3v) is 6.79. The Morgan fingerprint density at radius 2 is 2.00 bits per heavy atom. The maximum Gasteiger partial charge on any atom is 0.261 e. The van der Waals surface area contributed by atoms with E-state index in [9.17, 15) is 9.59 Å². The molecule has 2 aromatic heterocycles. The number of fused-ring (bicyclic) bond motifs is 2. The van der Waals surface area contributed by atoms with Crippen molar-refractivity contribution >= 4 is 43.6 Å². The van der Waals surface area contributed by atoms with Gasteiger partial charge in [0.15, 0.2) is 0 Å². The molecule has 4 aromatic rings. The Balaban J connectivity index is 1.29. The second kappa shape index (κ2) is 8.43. The van der Waals surface area contributed by atoms with Gasteiger partial charge in [0.1, 0.15) is 12.3 Å². The smallest absolute Gasteiger partial charge is 0.261 e.